The number of hydrogen-bond donors (Lipinski definition) is 2. The van der Waals surface area contributed by atoms with Crippen LogP contribution in [0.3, 0.4) is 0 Å². The average Bonchev–Trinajstić information content (AvgIpc) is 2.62. The molecule has 1 fully saturated rings. The molecule has 0 aromatic rings. The van der Waals surface area contributed by atoms with Gasteiger partial charge in [-0.15, -0.1) is 5.92 Å². The van der Waals surface area contributed by atoms with Gasteiger partial charge in [0.2, 0.25) is 5.91 Å². The minimum absolute atomic E-state index is 0.126. The number of hydrogen-bond acceptors (Lipinski definition) is 2. The first-order chi connectivity index (χ1) is 6.76. The lowest BCUT2D eigenvalue weighted by Crippen LogP contribution is -2.35. The maximum absolute atomic E-state index is 11.1. The molecule has 1 rings (SSSR count). The number of nitrogens with one attached hydrogen (secondary N) is 2. The Balaban J connectivity index is 2.30. The average molecular weight is 194 g/mol. The number of carbonyl (C=O) groups excluding carboxylic acids is 1. The summed E-state index contributed by atoms with van der Waals surface area (Å²) in [4.78, 5) is 11.1. The van der Waals surface area contributed by atoms with Gasteiger partial charge < -0.3 is 10.6 Å². The molecule has 3 nitrogen and oxygen atoms in total. The van der Waals surface area contributed by atoms with Gasteiger partial charge in [-0.2, -0.15) is 0 Å². The highest BCUT2D eigenvalue weighted by atomic mass is 16.1. The maximum Gasteiger partial charge on any atom is 0.219 e. The first-order valence-corrected chi connectivity index (χ1v) is 5.27. The van der Waals surface area contributed by atoms with E-state index in [0.29, 0.717) is 6.42 Å². The number of amides is 1. The molecule has 1 amide bonds. The fourth-order valence-electron chi connectivity index (χ4n) is 1.51. The number of rotatable bonds is 2. The Labute approximate surface area is 85.6 Å². The SMILES string of the molecule is CCC#CC1C[C@H](NC(=O)CC)CN1. The van der Waals surface area contributed by atoms with Crippen molar-refractivity contribution >= 4 is 5.91 Å². The smallest absolute Gasteiger partial charge is 0.219 e. The second-order valence-electron chi connectivity index (χ2n) is 3.49. The van der Waals surface area contributed by atoms with Crippen molar-refractivity contribution < 1.29 is 4.79 Å². The van der Waals surface area contributed by atoms with Crippen LogP contribution < -0.4 is 10.6 Å². The molecule has 78 valence electrons. The minimum Gasteiger partial charge on any atom is -0.352 e. The molecule has 0 spiro atoms. The summed E-state index contributed by atoms with van der Waals surface area (Å²) >= 11 is 0. The maximum atomic E-state index is 11.1. The quantitative estimate of drug-likeness (QED) is 0.634. The van der Waals surface area contributed by atoms with Crippen LogP contribution in [0.15, 0.2) is 0 Å². The summed E-state index contributed by atoms with van der Waals surface area (Å²) in [5, 5.41) is 6.25. The summed E-state index contributed by atoms with van der Waals surface area (Å²) < 4.78 is 0. The van der Waals surface area contributed by atoms with Crippen molar-refractivity contribution in [1.82, 2.24) is 10.6 Å². The van der Waals surface area contributed by atoms with E-state index in [1.807, 2.05) is 13.8 Å². The monoisotopic (exact) mass is 194 g/mol. The zero-order chi connectivity index (χ0) is 10.4. The van der Waals surface area contributed by atoms with Gasteiger partial charge in [-0.3, -0.25) is 4.79 Å². The van der Waals surface area contributed by atoms with Crippen molar-refractivity contribution in [1.29, 1.82) is 0 Å². The Bertz CT molecular complexity index is 252. The fraction of sp³-hybridized carbons (Fsp3) is 0.727. The lowest BCUT2D eigenvalue weighted by molar-refractivity contribution is -0.121. The first-order valence-electron chi connectivity index (χ1n) is 5.27. The Kier molecular flexibility index (Phi) is 4.48. The molecule has 2 atom stereocenters. The van der Waals surface area contributed by atoms with Gasteiger partial charge >= 0.3 is 0 Å². The van der Waals surface area contributed by atoms with Crippen molar-refractivity contribution in [3.05, 3.63) is 0 Å². The summed E-state index contributed by atoms with van der Waals surface area (Å²) in [6, 6.07) is 0.524. The molecule has 1 aliphatic rings. The van der Waals surface area contributed by atoms with Gasteiger partial charge in [0.25, 0.3) is 0 Å². The van der Waals surface area contributed by atoms with E-state index in [0.717, 1.165) is 19.4 Å². The van der Waals surface area contributed by atoms with Crippen molar-refractivity contribution in [2.75, 3.05) is 6.54 Å². The second kappa shape index (κ2) is 5.66. The third-order valence-electron chi connectivity index (χ3n) is 2.27. The van der Waals surface area contributed by atoms with Crippen molar-refractivity contribution in [3.8, 4) is 11.8 Å². The largest absolute Gasteiger partial charge is 0.352 e. The summed E-state index contributed by atoms with van der Waals surface area (Å²) in [5.41, 5.74) is 0. The molecule has 0 radical (unpaired) electrons. The van der Waals surface area contributed by atoms with Gasteiger partial charge in [0.1, 0.15) is 0 Å². The number of carbonyl (C=O) groups is 1. The molecule has 3 heteroatoms. The molecule has 0 aromatic carbocycles. The van der Waals surface area contributed by atoms with Gasteiger partial charge in [-0.25, -0.2) is 0 Å². The zero-order valence-corrected chi connectivity index (χ0v) is 8.89. The molecule has 14 heavy (non-hydrogen) atoms. The fourth-order valence-corrected chi connectivity index (χ4v) is 1.51. The van der Waals surface area contributed by atoms with Crippen LogP contribution in [0, 0.1) is 11.8 Å². The third-order valence-corrected chi connectivity index (χ3v) is 2.27. The molecule has 0 saturated carbocycles. The van der Waals surface area contributed by atoms with Crippen LogP contribution in [0.1, 0.15) is 33.1 Å². The van der Waals surface area contributed by atoms with E-state index in [4.69, 9.17) is 0 Å². The molecule has 1 unspecified atom stereocenters. The van der Waals surface area contributed by atoms with E-state index >= 15 is 0 Å². The molecule has 0 aromatic heterocycles. The lowest BCUT2D eigenvalue weighted by atomic mass is 10.1. The summed E-state index contributed by atoms with van der Waals surface area (Å²) in [5.74, 6) is 6.32. The van der Waals surface area contributed by atoms with Crippen LogP contribution in [0.25, 0.3) is 0 Å². The normalized spacial score (nSPS) is 25.3. The Morgan fingerprint density at radius 1 is 1.57 bits per heavy atom. The minimum atomic E-state index is 0.126. The van der Waals surface area contributed by atoms with Crippen LogP contribution in [0.4, 0.5) is 0 Å². The van der Waals surface area contributed by atoms with Gasteiger partial charge in [-0.1, -0.05) is 19.8 Å². The highest BCUT2D eigenvalue weighted by Crippen LogP contribution is 2.05. The predicted octanol–water partition coefficient (Wildman–Crippen LogP) is 0.656. The third kappa shape index (κ3) is 3.39. The molecule has 0 bridgehead atoms. The lowest BCUT2D eigenvalue weighted by Gasteiger charge is -2.09. The Morgan fingerprint density at radius 3 is 3.00 bits per heavy atom. The van der Waals surface area contributed by atoms with Gasteiger partial charge in [0, 0.05) is 25.4 Å². The van der Waals surface area contributed by atoms with Gasteiger partial charge in [0.05, 0.1) is 6.04 Å². The van der Waals surface area contributed by atoms with Crippen LogP contribution in [-0.2, 0) is 4.79 Å². The van der Waals surface area contributed by atoms with Gasteiger partial charge in [-0.05, 0) is 6.42 Å². The van der Waals surface area contributed by atoms with E-state index < -0.39 is 0 Å². The highest BCUT2D eigenvalue weighted by Gasteiger charge is 2.23. The van der Waals surface area contributed by atoms with E-state index in [9.17, 15) is 4.79 Å². The molecule has 1 saturated heterocycles. The molecule has 1 heterocycles. The van der Waals surface area contributed by atoms with E-state index in [1.54, 1.807) is 0 Å². The van der Waals surface area contributed by atoms with Crippen LogP contribution in [-0.4, -0.2) is 24.5 Å². The molecule has 1 aliphatic heterocycles. The Morgan fingerprint density at radius 2 is 2.36 bits per heavy atom. The van der Waals surface area contributed by atoms with E-state index in [1.165, 1.54) is 0 Å². The van der Waals surface area contributed by atoms with Crippen molar-refractivity contribution in [2.24, 2.45) is 0 Å². The Hall–Kier alpha value is -1.01. The van der Waals surface area contributed by atoms with Crippen LogP contribution in [0.5, 0.6) is 0 Å². The first kappa shape index (κ1) is 11.1. The molecular weight excluding hydrogens is 176 g/mol. The topological polar surface area (TPSA) is 41.1 Å². The molecular formula is C11H18N2O. The summed E-state index contributed by atoms with van der Waals surface area (Å²) in [6.07, 6.45) is 2.38. The van der Waals surface area contributed by atoms with Crippen LogP contribution >= 0.6 is 0 Å². The standard InChI is InChI=1S/C11H18N2O/c1-3-5-6-9-7-10(8-12-9)13-11(14)4-2/h9-10,12H,3-4,7-8H2,1-2H3,(H,13,14)/t9?,10-/m0/s1. The van der Waals surface area contributed by atoms with Crippen LogP contribution in [0.2, 0.25) is 0 Å². The van der Waals surface area contributed by atoms with Gasteiger partial charge in [0.15, 0.2) is 0 Å². The molecule has 2 N–H and O–H groups in total. The summed E-state index contributed by atoms with van der Waals surface area (Å²) in [7, 11) is 0. The highest BCUT2D eigenvalue weighted by molar-refractivity contribution is 5.75. The zero-order valence-electron chi connectivity index (χ0n) is 8.89. The summed E-state index contributed by atoms with van der Waals surface area (Å²) in [6.45, 7) is 4.75. The second-order valence-corrected chi connectivity index (χ2v) is 3.49. The van der Waals surface area contributed by atoms with Crippen molar-refractivity contribution in [3.63, 3.8) is 0 Å². The predicted molar refractivity (Wildman–Crippen MR) is 56.7 cm³/mol. The van der Waals surface area contributed by atoms with E-state index in [-0.39, 0.29) is 18.0 Å². The molecule has 0 aliphatic carbocycles. The van der Waals surface area contributed by atoms with Crippen molar-refractivity contribution in [2.45, 2.75) is 45.2 Å². The van der Waals surface area contributed by atoms with E-state index in [2.05, 4.69) is 22.5 Å².